The van der Waals surface area contributed by atoms with Gasteiger partial charge in [0.2, 0.25) is 0 Å². The molecule has 2 rings (SSSR count). The molecule has 1 atom stereocenters. The summed E-state index contributed by atoms with van der Waals surface area (Å²) in [4.78, 5) is 31.7. The number of hydrogen-bond acceptors (Lipinski definition) is 7. The average molecular weight is 374 g/mol. The number of carboxylic acids is 1. The van der Waals surface area contributed by atoms with Crippen LogP contribution in [0.2, 0.25) is 0 Å². The van der Waals surface area contributed by atoms with Gasteiger partial charge in [-0.05, 0) is 32.9 Å². The van der Waals surface area contributed by atoms with Gasteiger partial charge in [-0.1, -0.05) is 0 Å². The molecule has 9 heteroatoms. The third-order valence-corrected chi connectivity index (χ3v) is 3.95. The molecule has 2 N–H and O–H groups in total. The quantitative estimate of drug-likeness (QED) is 0.824. The van der Waals surface area contributed by atoms with E-state index in [1.165, 1.54) is 17.5 Å². The first-order chi connectivity index (χ1) is 12.2. The van der Waals surface area contributed by atoms with Crippen molar-refractivity contribution in [1.82, 2.24) is 15.3 Å². The van der Waals surface area contributed by atoms with Crippen LogP contribution in [0.4, 0.5) is 4.79 Å². The minimum absolute atomic E-state index is 0.0233. The first kappa shape index (κ1) is 19.3. The highest BCUT2D eigenvalue weighted by molar-refractivity contribution is 7.09. The van der Waals surface area contributed by atoms with E-state index >= 15 is 0 Å². The predicted molar refractivity (Wildman–Crippen MR) is 94.6 cm³/mol. The summed E-state index contributed by atoms with van der Waals surface area (Å²) in [7, 11) is 0. The van der Waals surface area contributed by atoms with E-state index in [1.54, 1.807) is 38.3 Å². The average Bonchev–Trinajstić information content (AvgIpc) is 3.01. The van der Waals surface area contributed by atoms with Crippen molar-refractivity contribution >= 4 is 23.4 Å². The molecule has 0 fully saturated rings. The van der Waals surface area contributed by atoms with Crippen LogP contribution in [0.1, 0.15) is 31.3 Å². The molecule has 1 amide bonds. The lowest BCUT2D eigenvalue weighted by Gasteiger charge is -2.21. The molecule has 2 aromatic heterocycles. The van der Waals surface area contributed by atoms with Crippen LogP contribution in [0.3, 0.4) is 0 Å². The van der Waals surface area contributed by atoms with Crippen molar-refractivity contribution < 1.29 is 19.4 Å². The standard InChI is InChI=1S/C17H18N4O4S/c1-17(2,3)25-16(24)21-12(15(22)23)6-14-20-13(9-26-14)11-5-4-10(7-18)8-19-11/h4-5,8-9,12H,6H2,1-3H3,(H,21,24)(H,22,23)/t12-/m0/s1. The molecule has 0 aliphatic carbocycles. The van der Waals surface area contributed by atoms with Gasteiger partial charge in [-0.15, -0.1) is 11.3 Å². The fraction of sp³-hybridized carbons (Fsp3) is 0.353. The van der Waals surface area contributed by atoms with Gasteiger partial charge in [0.25, 0.3) is 0 Å². The van der Waals surface area contributed by atoms with E-state index < -0.39 is 23.7 Å². The van der Waals surface area contributed by atoms with Gasteiger partial charge in [-0.25, -0.2) is 14.6 Å². The van der Waals surface area contributed by atoms with E-state index in [0.717, 1.165) is 0 Å². The van der Waals surface area contributed by atoms with Gasteiger partial charge in [0, 0.05) is 18.0 Å². The Balaban J connectivity index is 2.07. The molecular weight excluding hydrogens is 356 g/mol. The number of aromatic nitrogens is 2. The monoisotopic (exact) mass is 374 g/mol. The third kappa shape index (κ3) is 5.53. The lowest BCUT2D eigenvalue weighted by molar-refractivity contribution is -0.139. The van der Waals surface area contributed by atoms with Crippen LogP contribution in [-0.4, -0.2) is 38.8 Å². The molecule has 0 unspecified atom stereocenters. The minimum atomic E-state index is -1.18. The Morgan fingerprint density at radius 3 is 2.65 bits per heavy atom. The highest BCUT2D eigenvalue weighted by Gasteiger charge is 2.25. The Kier molecular flexibility index (Phi) is 5.90. The first-order valence-electron chi connectivity index (χ1n) is 7.71. The number of ether oxygens (including phenoxy) is 1. The largest absolute Gasteiger partial charge is 0.480 e. The van der Waals surface area contributed by atoms with E-state index in [-0.39, 0.29) is 6.42 Å². The normalized spacial score (nSPS) is 12.1. The van der Waals surface area contributed by atoms with E-state index in [0.29, 0.717) is 22.0 Å². The summed E-state index contributed by atoms with van der Waals surface area (Å²) in [6, 6.07) is 4.13. The minimum Gasteiger partial charge on any atom is -0.480 e. The predicted octanol–water partition coefficient (Wildman–Crippen LogP) is 2.60. The number of aliphatic carboxylic acids is 1. The Bertz CT molecular complexity index is 834. The number of rotatable bonds is 5. The number of nitrogens with one attached hydrogen (secondary N) is 1. The molecule has 0 bridgehead atoms. The first-order valence-corrected chi connectivity index (χ1v) is 8.59. The summed E-state index contributed by atoms with van der Waals surface area (Å²) in [6.45, 7) is 5.08. The Hall–Kier alpha value is -2.99. The molecule has 26 heavy (non-hydrogen) atoms. The lowest BCUT2D eigenvalue weighted by atomic mass is 10.2. The van der Waals surface area contributed by atoms with Crippen LogP contribution in [-0.2, 0) is 16.0 Å². The molecule has 0 saturated carbocycles. The summed E-state index contributed by atoms with van der Waals surface area (Å²) in [5.41, 5.74) is 0.883. The zero-order valence-corrected chi connectivity index (χ0v) is 15.3. The number of nitriles is 1. The highest BCUT2D eigenvalue weighted by atomic mass is 32.1. The van der Waals surface area contributed by atoms with Gasteiger partial charge in [-0.2, -0.15) is 5.26 Å². The highest BCUT2D eigenvalue weighted by Crippen LogP contribution is 2.21. The van der Waals surface area contributed by atoms with Crippen LogP contribution < -0.4 is 5.32 Å². The van der Waals surface area contributed by atoms with Crippen molar-refractivity contribution in [3.8, 4) is 17.5 Å². The molecule has 8 nitrogen and oxygen atoms in total. The maximum absolute atomic E-state index is 11.8. The Labute approximate surface area is 154 Å². The van der Waals surface area contributed by atoms with Gasteiger partial charge in [0.15, 0.2) is 0 Å². The topological polar surface area (TPSA) is 125 Å². The number of hydrogen-bond donors (Lipinski definition) is 2. The maximum Gasteiger partial charge on any atom is 0.408 e. The van der Waals surface area contributed by atoms with Crippen molar-refractivity contribution in [3.05, 3.63) is 34.3 Å². The summed E-state index contributed by atoms with van der Waals surface area (Å²) in [5.74, 6) is -1.18. The second kappa shape index (κ2) is 7.93. The molecule has 0 saturated heterocycles. The van der Waals surface area contributed by atoms with Crippen LogP contribution in [0, 0.1) is 11.3 Å². The Morgan fingerprint density at radius 2 is 2.12 bits per heavy atom. The van der Waals surface area contributed by atoms with Crippen LogP contribution in [0.15, 0.2) is 23.7 Å². The molecule has 0 radical (unpaired) electrons. The van der Waals surface area contributed by atoms with E-state index in [1.807, 2.05) is 6.07 Å². The van der Waals surface area contributed by atoms with Crippen molar-refractivity contribution in [3.63, 3.8) is 0 Å². The summed E-state index contributed by atoms with van der Waals surface area (Å²) >= 11 is 1.27. The zero-order chi connectivity index (χ0) is 19.3. The van der Waals surface area contributed by atoms with Crippen molar-refractivity contribution in [1.29, 1.82) is 5.26 Å². The lowest BCUT2D eigenvalue weighted by Crippen LogP contribution is -2.44. The summed E-state index contributed by atoms with van der Waals surface area (Å²) in [6.07, 6.45) is 0.670. The zero-order valence-electron chi connectivity index (χ0n) is 14.5. The van der Waals surface area contributed by atoms with Crippen molar-refractivity contribution in [2.45, 2.75) is 38.8 Å². The molecule has 136 valence electrons. The van der Waals surface area contributed by atoms with Gasteiger partial charge in [0.05, 0.1) is 22.0 Å². The van der Waals surface area contributed by atoms with E-state index in [9.17, 15) is 14.7 Å². The molecule has 0 spiro atoms. The smallest absolute Gasteiger partial charge is 0.408 e. The fourth-order valence-corrected chi connectivity index (χ4v) is 2.79. The van der Waals surface area contributed by atoms with E-state index in [4.69, 9.17) is 10.00 Å². The van der Waals surface area contributed by atoms with Gasteiger partial charge in [-0.3, -0.25) is 4.98 Å². The summed E-state index contributed by atoms with van der Waals surface area (Å²) in [5, 5.41) is 22.7. The molecule has 2 aromatic rings. The number of carbonyl (C=O) groups excluding carboxylic acids is 1. The number of pyridine rings is 1. The Morgan fingerprint density at radius 1 is 1.38 bits per heavy atom. The second-order valence-corrected chi connectivity index (χ2v) is 7.35. The van der Waals surface area contributed by atoms with Gasteiger partial charge >= 0.3 is 12.1 Å². The fourth-order valence-electron chi connectivity index (χ4n) is 1.96. The molecule has 2 heterocycles. The number of thiazole rings is 1. The molecule has 0 aliphatic heterocycles. The maximum atomic E-state index is 11.8. The SMILES string of the molecule is CC(C)(C)OC(=O)N[C@@H](Cc1nc(-c2ccc(C#N)cn2)cs1)C(=O)O. The molecule has 0 aliphatic rings. The van der Waals surface area contributed by atoms with Gasteiger partial charge in [0.1, 0.15) is 17.7 Å². The number of carbonyl (C=O) groups is 2. The third-order valence-electron chi connectivity index (χ3n) is 3.07. The van der Waals surface area contributed by atoms with E-state index in [2.05, 4.69) is 15.3 Å². The summed E-state index contributed by atoms with van der Waals surface area (Å²) < 4.78 is 5.09. The number of alkyl carbamates (subject to hydrolysis) is 1. The van der Waals surface area contributed by atoms with Gasteiger partial charge < -0.3 is 15.2 Å². The number of nitrogens with zero attached hydrogens (tertiary/aromatic N) is 3. The van der Waals surface area contributed by atoms with Crippen molar-refractivity contribution in [2.75, 3.05) is 0 Å². The van der Waals surface area contributed by atoms with Crippen molar-refractivity contribution in [2.24, 2.45) is 0 Å². The molecular formula is C17H18N4O4S. The number of amides is 1. The second-order valence-electron chi connectivity index (χ2n) is 6.41. The molecule has 0 aromatic carbocycles. The van der Waals surface area contributed by atoms with Crippen LogP contribution >= 0.6 is 11.3 Å². The number of carboxylic acid groups (broad SMARTS) is 1. The van der Waals surface area contributed by atoms with Crippen LogP contribution in [0.25, 0.3) is 11.4 Å². The van der Waals surface area contributed by atoms with Crippen LogP contribution in [0.5, 0.6) is 0 Å².